The van der Waals surface area contributed by atoms with Gasteiger partial charge in [0.1, 0.15) is 5.75 Å². The molecule has 0 saturated heterocycles. The van der Waals surface area contributed by atoms with Crippen LogP contribution < -0.4 is 9.46 Å². The van der Waals surface area contributed by atoms with Crippen LogP contribution in [-0.4, -0.2) is 57.0 Å². The maximum absolute atomic E-state index is 13.7. The monoisotopic (exact) mass is 593 g/mol. The molecule has 2 saturated carbocycles. The van der Waals surface area contributed by atoms with E-state index in [0.717, 1.165) is 63.5 Å². The number of hydrogen-bond acceptors (Lipinski definition) is 6. The number of carbonyl (C=O) groups is 2. The van der Waals surface area contributed by atoms with Gasteiger partial charge in [0, 0.05) is 48.6 Å². The predicted octanol–water partition coefficient (Wildman–Crippen LogP) is 5.20. The van der Waals surface area contributed by atoms with Crippen molar-refractivity contribution in [3.8, 4) is 17.0 Å². The fourth-order valence-corrected chi connectivity index (χ4v) is 8.04. The molecule has 1 aliphatic heterocycles. The Morgan fingerprint density at radius 2 is 1.83 bits per heavy atom. The normalized spacial score (nSPS) is 23.5. The quantitative estimate of drug-likeness (QED) is 0.378. The molecule has 0 radical (unpaired) electrons. The first-order valence-corrected chi connectivity index (χ1v) is 16.2. The van der Waals surface area contributed by atoms with Crippen LogP contribution in [0.5, 0.6) is 5.75 Å². The zero-order valence-corrected chi connectivity index (χ0v) is 25.7. The molecule has 0 spiro atoms. The van der Waals surface area contributed by atoms with Gasteiger partial charge < -0.3 is 14.0 Å². The Balaban J connectivity index is 1.62. The highest BCUT2D eigenvalue weighted by Gasteiger charge is 2.70. The number of methoxy groups -OCH3 is 1. The van der Waals surface area contributed by atoms with Crippen molar-refractivity contribution < 1.29 is 27.5 Å². The summed E-state index contributed by atoms with van der Waals surface area (Å²) < 4.78 is 41.6. The summed E-state index contributed by atoms with van der Waals surface area (Å²) in [5.41, 5.74) is 4.80. The van der Waals surface area contributed by atoms with Gasteiger partial charge in [-0.05, 0) is 73.1 Å². The summed E-state index contributed by atoms with van der Waals surface area (Å²) in [6.45, 7) is 4.64. The lowest BCUT2D eigenvalue weighted by Crippen LogP contribution is -2.39. The van der Waals surface area contributed by atoms with Crippen molar-refractivity contribution in [2.24, 2.45) is 11.3 Å². The van der Waals surface area contributed by atoms with E-state index in [0.29, 0.717) is 19.1 Å². The lowest BCUT2D eigenvalue weighted by molar-refractivity contribution is -0.151. The third kappa shape index (κ3) is 4.33. The van der Waals surface area contributed by atoms with E-state index in [2.05, 4.69) is 28.3 Å². The Morgan fingerprint density at radius 3 is 2.50 bits per heavy atom. The van der Waals surface area contributed by atoms with Crippen molar-refractivity contribution in [2.45, 2.75) is 64.3 Å². The van der Waals surface area contributed by atoms with E-state index in [1.807, 2.05) is 19.1 Å². The lowest BCUT2D eigenvalue weighted by Gasteiger charge is -2.24. The third-order valence-corrected chi connectivity index (χ3v) is 11.2. The van der Waals surface area contributed by atoms with Gasteiger partial charge in [0.2, 0.25) is 0 Å². The number of rotatable bonds is 7. The molecule has 3 atom stereocenters. The van der Waals surface area contributed by atoms with Crippen LogP contribution in [-0.2, 0) is 26.3 Å². The molecule has 2 heterocycles. The van der Waals surface area contributed by atoms with E-state index in [4.69, 9.17) is 9.47 Å². The van der Waals surface area contributed by atoms with Crippen molar-refractivity contribution in [3.63, 3.8) is 0 Å². The van der Waals surface area contributed by atoms with Crippen LogP contribution >= 0.6 is 0 Å². The van der Waals surface area contributed by atoms with Crippen LogP contribution in [0.3, 0.4) is 0 Å². The van der Waals surface area contributed by atoms with E-state index in [1.165, 1.54) is 26.1 Å². The van der Waals surface area contributed by atoms with Gasteiger partial charge >= 0.3 is 16.2 Å². The molecule has 1 unspecified atom stereocenters. The summed E-state index contributed by atoms with van der Waals surface area (Å²) in [5, 5.41) is 1.04. The van der Waals surface area contributed by atoms with Crippen molar-refractivity contribution in [2.75, 3.05) is 27.8 Å². The molecule has 10 heteroatoms. The molecule has 42 heavy (non-hydrogen) atoms. The first-order chi connectivity index (χ1) is 20.0. The van der Waals surface area contributed by atoms with Crippen molar-refractivity contribution >= 4 is 33.0 Å². The second kappa shape index (κ2) is 10.4. The Hall–Kier alpha value is -3.37. The number of amides is 1. The van der Waals surface area contributed by atoms with Gasteiger partial charge in [-0.1, -0.05) is 32.3 Å². The molecule has 2 aromatic carbocycles. The number of nitrogens with zero attached hydrogens (tertiary/aromatic N) is 2. The smallest absolute Gasteiger partial charge is 0.314 e. The SMILES string of the molecule is CCOC(=O)C12Cn3c(c(C4CCCCC4)c4ccc(C(=O)NS(=O)(=O)N(C)C)cc43)-c3ccc(OC)cc3[C@@H]1[C@@H]2C. The molecule has 1 amide bonds. The molecule has 3 aliphatic rings. The third-order valence-electron chi connectivity index (χ3n) is 9.76. The fourth-order valence-electron chi connectivity index (χ4n) is 7.51. The van der Waals surface area contributed by atoms with E-state index in [-0.39, 0.29) is 23.4 Å². The standard InChI is InChI=1S/C32H39N3O6S/c1-6-41-31(37)32-18-35-26-16-21(30(36)33-42(38,39)34(3)4)12-14-24(26)27(20-10-8-7-9-11-20)29(35)23-15-13-22(40-5)17-25(23)28(32)19(32)2/h12-17,19-20,28H,6-11,18H2,1-5H3,(H,33,36)/t19-,28-,32?/m0/s1. The van der Waals surface area contributed by atoms with Gasteiger partial charge in [0.05, 0.1) is 24.8 Å². The summed E-state index contributed by atoms with van der Waals surface area (Å²) in [4.78, 5) is 26.9. The zero-order chi connectivity index (χ0) is 30.0. The topological polar surface area (TPSA) is 107 Å². The largest absolute Gasteiger partial charge is 0.497 e. The van der Waals surface area contributed by atoms with Gasteiger partial charge in [-0.15, -0.1) is 0 Å². The number of nitrogens with one attached hydrogen (secondary N) is 1. The maximum Gasteiger partial charge on any atom is 0.314 e. The highest BCUT2D eigenvalue weighted by atomic mass is 32.2. The van der Waals surface area contributed by atoms with E-state index >= 15 is 0 Å². The van der Waals surface area contributed by atoms with Crippen molar-refractivity contribution in [1.82, 2.24) is 13.6 Å². The highest BCUT2D eigenvalue weighted by Crippen LogP contribution is 2.70. The Kier molecular flexibility index (Phi) is 7.13. The summed E-state index contributed by atoms with van der Waals surface area (Å²) in [6, 6.07) is 11.6. The van der Waals surface area contributed by atoms with Crippen LogP contribution in [0.4, 0.5) is 0 Å². The first-order valence-electron chi connectivity index (χ1n) is 14.8. The molecule has 0 bridgehead atoms. The van der Waals surface area contributed by atoms with E-state index in [1.54, 1.807) is 19.2 Å². The number of fused-ring (bicyclic) bond motifs is 7. The summed E-state index contributed by atoms with van der Waals surface area (Å²) in [7, 11) is 0.434. The van der Waals surface area contributed by atoms with Crippen LogP contribution in [0.1, 0.15) is 79.3 Å². The summed E-state index contributed by atoms with van der Waals surface area (Å²) in [5.74, 6) is 0.186. The van der Waals surface area contributed by atoms with Crippen molar-refractivity contribution in [1.29, 1.82) is 0 Å². The molecule has 1 N–H and O–H groups in total. The number of aromatic nitrogens is 1. The van der Waals surface area contributed by atoms with Crippen LogP contribution in [0.2, 0.25) is 0 Å². The average molecular weight is 594 g/mol. The molecule has 6 rings (SSSR count). The van der Waals surface area contributed by atoms with Gasteiger partial charge in [-0.3, -0.25) is 9.59 Å². The minimum atomic E-state index is -3.96. The van der Waals surface area contributed by atoms with Gasteiger partial charge in [-0.25, -0.2) is 4.72 Å². The molecule has 2 aliphatic carbocycles. The lowest BCUT2D eigenvalue weighted by atomic mass is 9.81. The highest BCUT2D eigenvalue weighted by molar-refractivity contribution is 7.87. The number of carbonyl (C=O) groups excluding carboxylic acids is 2. The molecule has 9 nitrogen and oxygen atoms in total. The first kappa shape index (κ1) is 28.7. The summed E-state index contributed by atoms with van der Waals surface area (Å²) >= 11 is 0. The number of esters is 1. The van der Waals surface area contributed by atoms with Gasteiger partial charge in [0.15, 0.2) is 0 Å². The minimum Gasteiger partial charge on any atom is -0.497 e. The Bertz CT molecular complexity index is 1690. The minimum absolute atomic E-state index is 0.0347. The molecule has 224 valence electrons. The molecular formula is C32H39N3O6S. The molecule has 3 aromatic rings. The van der Waals surface area contributed by atoms with Gasteiger partial charge in [0.25, 0.3) is 5.91 Å². The second-order valence-electron chi connectivity index (χ2n) is 12.1. The summed E-state index contributed by atoms with van der Waals surface area (Å²) in [6.07, 6.45) is 5.67. The second-order valence-corrected chi connectivity index (χ2v) is 14.0. The molecular weight excluding hydrogens is 554 g/mol. The maximum atomic E-state index is 13.7. The molecule has 2 fully saturated rings. The number of benzene rings is 2. The van der Waals surface area contributed by atoms with Crippen LogP contribution in [0.25, 0.3) is 22.2 Å². The Morgan fingerprint density at radius 1 is 1.10 bits per heavy atom. The Labute approximate surface area is 247 Å². The van der Waals surface area contributed by atoms with Crippen molar-refractivity contribution in [3.05, 3.63) is 53.1 Å². The van der Waals surface area contributed by atoms with Crippen LogP contribution in [0, 0.1) is 11.3 Å². The fraction of sp³-hybridized carbons (Fsp3) is 0.500. The molecule has 1 aromatic heterocycles. The van der Waals surface area contributed by atoms with Gasteiger partial charge in [-0.2, -0.15) is 12.7 Å². The van der Waals surface area contributed by atoms with E-state index in [9.17, 15) is 18.0 Å². The predicted molar refractivity (Wildman–Crippen MR) is 161 cm³/mol. The number of hydrogen-bond donors (Lipinski definition) is 1. The zero-order valence-electron chi connectivity index (χ0n) is 24.9. The average Bonchev–Trinajstić information content (AvgIpc) is 3.49. The number of ether oxygens (including phenoxy) is 2. The van der Waals surface area contributed by atoms with E-state index < -0.39 is 21.5 Å². The van der Waals surface area contributed by atoms with Crippen LogP contribution in [0.15, 0.2) is 36.4 Å².